The summed E-state index contributed by atoms with van der Waals surface area (Å²) < 4.78 is 5.66. The van der Waals surface area contributed by atoms with Crippen molar-refractivity contribution in [2.45, 2.75) is 71.4 Å². The van der Waals surface area contributed by atoms with Crippen molar-refractivity contribution in [1.29, 1.82) is 0 Å². The summed E-state index contributed by atoms with van der Waals surface area (Å²) in [6, 6.07) is 0.646. The molecule has 0 aromatic carbocycles. The second-order valence-electron chi connectivity index (χ2n) is 6.03. The molecule has 2 N–H and O–H groups in total. The fourth-order valence-electron chi connectivity index (χ4n) is 2.56. The Morgan fingerprint density at radius 3 is 2.63 bits per heavy atom. The minimum absolute atomic E-state index is 0.359. The Bertz CT molecular complexity index is 223. The Kier molecular flexibility index (Phi) is 8.67. The average Bonchev–Trinajstić information content (AvgIpc) is 3.19. The van der Waals surface area contributed by atoms with Crippen LogP contribution < -0.4 is 5.32 Å². The van der Waals surface area contributed by atoms with Crippen molar-refractivity contribution in [3.8, 4) is 0 Å². The van der Waals surface area contributed by atoms with Gasteiger partial charge in [0.05, 0.1) is 12.7 Å². The summed E-state index contributed by atoms with van der Waals surface area (Å²) in [5.41, 5.74) is 0. The summed E-state index contributed by atoms with van der Waals surface area (Å²) in [6.07, 6.45) is 7.13. The largest absolute Gasteiger partial charge is 0.389 e. The molecular formula is C16H33NO2. The first-order valence-electron chi connectivity index (χ1n) is 8.20. The molecule has 0 aromatic heterocycles. The lowest BCUT2D eigenvalue weighted by Crippen LogP contribution is -2.32. The van der Waals surface area contributed by atoms with Crippen molar-refractivity contribution >= 4 is 0 Å². The Morgan fingerprint density at radius 2 is 2.05 bits per heavy atom. The Balaban J connectivity index is 1.98. The van der Waals surface area contributed by atoms with Crippen molar-refractivity contribution in [2.24, 2.45) is 11.8 Å². The van der Waals surface area contributed by atoms with E-state index >= 15 is 0 Å². The van der Waals surface area contributed by atoms with E-state index in [-0.39, 0.29) is 6.10 Å². The van der Waals surface area contributed by atoms with Crippen LogP contribution >= 0.6 is 0 Å². The van der Waals surface area contributed by atoms with E-state index in [9.17, 15) is 5.11 Å². The molecule has 1 fully saturated rings. The quantitative estimate of drug-likeness (QED) is 0.573. The lowest BCUT2D eigenvalue weighted by atomic mass is 10.0. The number of rotatable bonds is 12. The van der Waals surface area contributed by atoms with Gasteiger partial charge in [-0.1, -0.05) is 46.5 Å². The highest BCUT2D eigenvalue weighted by Crippen LogP contribution is 2.32. The van der Waals surface area contributed by atoms with Crippen molar-refractivity contribution in [1.82, 2.24) is 5.32 Å². The Hall–Kier alpha value is -0.120. The molecule has 1 saturated carbocycles. The lowest BCUT2D eigenvalue weighted by molar-refractivity contribution is 0.0191. The van der Waals surface area contributed by atoms with Gasteiger partial charge in [0.1, 0.15) is 0 Å². The monoisotopic (exact) mass is 271 g/mol. The normalized spacial score (nSPS) is 25.3. The van der Waals surface area contributed by atoms with Crippen molar-refractivity contribution < 1.29 is 9.84 Å². The fraction of sp³-hybridized carbons (Fsp3) is 1.00. The zero-order valence-electron chi connectivity index (χ0n) is 13.0. The van der Waals surface area contributed by atoms with Crippen LogP contribution in [-0.4, -0.2) is 37.0 Å². The summed E-state index contributed by atoms with van der Waals surface area (Å²) >= 11 is 0. The molecular weight excluding hydrogens is 238 g/mol. The summed E-state index contributed by atoms with van der Waals surface area (Å²) in [4.78, 5) is 0. The smallest absolute Gasteiger partial charge is 0.0897 e. The molecule has 0 saturated heterocycles. The summed E-state index contributed by atoms with van der Waals surface area (Å²) in [7, 11) is 0. The average molecular weight is 271 g/mol. The van der Waals surface area contributed by atoms with Crippen molar-refractivity contribution in [2.75, 3.05) is 19.8 Å². The molecule has 1 aliphatic rings. The Labute approximate surface area is 119 Å². The van der Waals surface area contributed by atoms with E-state index in [1.165, 1.54) is 38.5 Å². The van der Waals surface area contributed by atoms with Crippen molar-refractivity contribution in [3.05, 3.63) is 0 Å². The predicted molar refractivity (Wildman–Crippen MR) is 80.3 cm³/mol. The van der Waals surface area contributed by atoms with E-state index in [1.54, 1.807) is 0 Å². The third-order valence-electron chi connectivity index (χ3n) is 4.27. The van der Waals surface area contributed by atoms with E-state index < -0.39 is 0 Å². The zero-order chi connectivity index (χ0) is 14.1. The number of aliphatic hydroxyl groups excluding tert-OH is 1. The maximum Gasteiger partial charge on any atom is 0.0897 e. The molecule has 114 valence electrons. The van der Waals surface area contributed by atoms with Gasteiger partial charge in [-0.15, -0.1) is 0 Å². The van der Waals surface area contributed by atoms with Gasteiger partial charge in [-0.2, -0.15) is 0 Å². The molecule has 4 atom stereocenters. The first kappa shape index (κ1) is 16.9. The van der Waals surface area contributed by atoms with E-state index in [0.29, 0.717) is 25.1 Å². The van der Waals surface area contributed by atoms with Gasteiger partial charge >= 0.3 is 0 Å². The molecule has 0 radical (unpaired) electrons. The van der Waals surface area contributed by atoms with Crippen LogP contribution in [0.5, 0.6) is 0 Å². The van der Waals surface area contributed by atoms with Gasteiger partial charge in [0, 0.05) is 19.2 Å². The first-order valence-corrected chi connectivity index (χ1v) is 8.20. The molecule has 0 amide bonds. The topological polar surface area (TPSA) is 41.5 Å². The van der Waals surface area contributed by atoms with Crippen LogP contribution in [0.4, 0.5) is 0 Å². The maximum atomic E-state index is 9.86. The van der Waals surface area contributed by atoms with E-state index in [1.807, 2.05) is 0 Å². The van der Waals surface area contributed by atoms with Gasteiger partial charge < -0.3 is 15.2 Å². The third kappa shape index (κ3) is 7.28. The van der Waals surface area contributed by atoms with E-state index in [2.05, 4.69) is 26.1 Å². The minimum Gasteiger partial charge on any atom is -0.389 e. The van der Waals surface area contributed by atoms with Crippen LogP contribution in [0.1, 0.15) is 59.3 Å². The highest BCUT2D eigenvalue weighted by molar-refractivity contribution is 4.92. The lowest BCUT2D eigenvalue weighted by Gasteiger charge is -2.17. The van der Waals surface area contributed by atoms with Crippen molar-refractivity contribution in [3.63, 3.8) is 0 Å². The van der Waals surface area contributed by atoms with Crippen LogP contribution in [0, 0.1) is 11.8 Å². The number of hydrogen-bond acceptors (Lipinski definition) is 3. The molecule has 4 unspecified atom stereocenters. The van der Waals surface area contributed by atoms with Gasteiger partial charge in [0.2, 0.25) is 0 Å². The van der Waals surface area contributed by atoms with E-state index in [4.69, 9.17) is 4.74 Å². The SMILES string of the molecule is CCCCC(CC)COCC(O)CNC1CC1CC. The van der Waals surface area contributed by atoms with Gasteiger partial charge in [-0.05, 0) is 24.7 Å². The fourth-order valence-corrected chi connectivity index (χ4v) is 2.56. The summed E-state index contributed by atoms with van der Waals surface area (Å²) in [6.45, 7) is 8.62. The molecule has 1 aliphatic carbocycles. The number of unbranched alkanes of at least 4 members (excludes halogenated alkanes) is 1. The number of aliphatic hydroxyl groups is 1. The molecule has 0 heterocycles. The second-order valence-corrected chi connectivity index (χ2v) is 6.03. The molecule has 0 spiro atoms. The minimum atomic E-state index is -0.359. The van der Waals surface area contributed by atoms with Crippen LogP contribution in [0.15, 0.2) is 0 Å². The van der Waals surface area contributed by atoms with Crippen LogP contribution in [0.25, 0.3) is 0 Å². The predicted octanol–water partition coefficient (Wildman–Crippen LogP) is 2.97. The van der Waals surface area contributed by atoms with Crippen LogP contribution in [0.3, 0.4) is 0 Å². The zero-order valence-corrected chi connectivity index (χ0v) is 13.0. The molecule has 0 bridgehead atoms. The number of nitrogens with one attached hydrogen (secondary N) is 1. The van der Waals surface area contributed by atoms with Gasteiger partial charge in [0.15, 0.2) is 0 Å². The molecule has 3 heteroatoms. The number of ether oxygens (including phenoxy) is 1. The summed E-state index contributed by atoms with van der Waals surface area (Å²) in [5.74, 6) is 1.50. The van der Waals surface area contributed by atoms with Gasteiger partial charge in [-0.25, -0.2) is 0 Å². The van der Waals surface area contributed by atoms with Crippen LogP contribution in [0.2, 0.25) is 0 Å². The maximum absolute atomic E-state index is 9.86. The molecule has 3 nitrogen and oxygen atoms in total. The highest BCUT2D eigenvalue weighted by atomic mass is 16.5. The highest BCUT2D eigenvalue weighted by Gasteiger charge is 2.34. The Morgan fingerprint density at radius 1 is 1.26 bits per heavy atom. The van der Waals surface area contributed by atoms with Gasteiger partial charge in [0.25, 0.3) is 0 Å². The molecule has 0 aliphatic heterocycles. The second kappa shape index (κ2) is 9.73. The third-order valence-corrected chi connectivity index (χ3v) is 4.27. The standard InChI is InChI=1S/C16H33NO2/c1-4-7-8-13(5-2)11-19-12-15(18)10-17-16-9-14(16)6-3/h13-18H,4-12H2,1-3H3. The molecule has 0 aromatic rings. The van der Waals surface area contributed by atoms with E-state index in [0.717, 1.165) is 12.5 Å². The summed E-state index contributed by atoms with van der Waals surface area (Å²) in [5, 5.41) is 13.3. The molecule has 19 heavy (non-hydrogen) atoms. The molecule has 1 rings (SSSR count). The van der Waals surface area contributed by atoms with Gasteiger partial charge in [-0.3, -0.25) is 0 Å². The number of hydrogen-bond donors (Lipinski definition) is 2. The first-order chi connectivity index (χ1) is 9.21. The van der Waals surface area contributed by atoms with Crippen LogP contribution in [-0.2, 0) is 4.74 Å².